The molecule has 0 atom stereocenters. The Balaban J connectivity index is 2.25. The standard InChI is InChI=1S/C12H16N4/c1-13-7-8-16(2)12-9-14-10-5-3-4-6-11(10)15-12/h3-6,9,13H,7-8H2,1-2H3. The van der Waals surface area contributed by atoms with Crippen molar-refractivity contribution in [1.29, 1.82) is 0 Å². The van der Waals surface area contributed by atoms with Gasteiger partial charge in [0.15, 0.2) is 0 Å². The van der Waals surface area contributed by atoms with Gasteiger partial charge in [-0.05, 0) is 19.2 Å². The number of hydrogen-bond acceptors (Lipinski definition) is 4. The van der Waals surface area contributed by atoms with Gasteiger partial charge in [-0.1, -0.05) is 12.1 Å². The lowest BCUT2D eigenvalue weighted by molar-refractivity contribution is 0.761. The fourth-order valence-electron chi connectivity index (χ4n) is 1.53. The molecule has 1 heterocycles. The minimum atomic E-state index is 0.911. The highest BCUT2D eigenvalue weighted by Crippen LogP contribution is 2.13. The summed E-state index contributed by atoms with van der Waals surface area (Å²) < 4.78 is 0. The van der Waals surface area contributed by atoms with Crippen molar-refractivity contribution >= 4 is 16.9 Å². The van der Waals surface area contributed by atoms with Crippen molar-refractivity contribution in [2.45, 2.75) is 0 Å². The van der Waals surface area contributed by atoms with Gasteiger partial charge in [0, 0.05) is 20.1 Å². The van der Waals surface area contributed by atoms with Crippen LogP contribution >= 0.6 is 0 Å². The van der Waals surface area contributed by atoms with E-state index in [0.29, 0.717) is 0 Å². The maximum atomic E-state index is 4.56. The second kappa shape index (κ2) is 4.90. The molecule has 0 radical (unpaired) electrons. The molecular weight excluding hydrogens is 200 g/mol. The molecule has 0 unspecified atom stereocenters. The van der Waals surface area contributed by atoms with E-state index in [2.05, 4.69) is 20.2 Å². The highest BCUT2D eigenvalue weighted by molar-refractivity contribution is 5.75. The third-order valence-corrected chi connectivity index (χ3v) is 2.52. The summed E-state index contributed by atoms with van der Waals surface area (Å²) >= 11 is 0. The fraction of sp³-hybridized carbons (Fsp3) is 0.333. The lowest BCUT2D eigenvalue weighted by Crippen LogP contribution is -2.27. The lowest BCUT2D eigenvalue weighted by Gasteiger charge is -2.17. The Bertz CT molecular complexity index is 469. The van der Waals surface area contributed by atoms with Gasteiger partial charge in [-0.3, -0.25) is 4.98 Å². The molecule has 0 bridgehead atoms. The molecule has 84 valence electrons. The van der Waals surface area contributed by atoms with Crippen LogP contribution in [0.5, 0.6) is 0 Å². The summed E-state index contributed by atoms with van der Waals surface area (Å²) in [6, 6.07) is 7.91. The van der Waals surface area contributed by atoms with Crippen LogP contribution in [0, 0.1) is 0 Å². The molecule has 1 N–H and O–H groups in total. The van der Waals surface area contributed by atoms with Crippen LogP contribution in [-0.2, 0) is 0 Å². The van der Waals surface area contributed by atoms with E-state index in [4.69, 9.17) is 0 Å². The van der Waals surface area contributed by atoms with Gasteiger partial charge < -0.3 is 10.2 Å². The van der Waals surface area contributed by atoms with E-state index < -0.39 is 0 Å². The Morgan fingerprint density at radius 3 is 2.75 bits per heavy atom. The van der Waals surface area contributed by atoms with E-state index in [0.717, 1.165) is 29.9 Å². The molecule has 2 aromatic rings. The smallest absolute Gasteiger partial charge is 0.147 e. The van der Waals surface area contributed by atoms with Gasteiger partial charge in [0.1, 0.15) is 5.82 Å². The molecule has 0 saturated heterocycles. The predicted molar refractivity (Wildman–Crippen MR) is 66.7 cm³/mol. The Morgan fingerprint density at radius 2 is 2.00 bits per heavy atom. The summed E-state index contributed by atoms with van der Waals surface area (Å²) in [5.74, 6) is 0.911. The van der Waals surface area contributed by atoms with E-state index >= 15 is 0 Å². The molecule has 0 saturated carbocycles. The van der Waals surface area contributed by atoms with Crippen LogP contribution in [0.3, 0.4) is 0 Å². The fourth-order valence-corrected chi connectivity index (χ4v) is 1.53. The van der Waals surface area contributed by atoms with E-state index in [1.807, 2.05) is 44.6 Å². The van der Waals surface area contributed by atoms with Gasteiger partial charge in [0.25, 0.3) is 0 Å². The third-order valence-electron chi connectivity index (χ3n) is 2.52. The Hall–Kier alpha value is -1.68. The predicted octanol–water partition coefficient (Wildman–Crippen LogP) is 1.29. The first-order valence-corrected chi connectivity index (χ1v) is 5.39. The molecule has 0 spiro atoms. The number of rotatable bonds is 4. The first-order valence-electron chi connectivity index (χ1n) is 5.39. The Morgan fingerprint density at radius 1 is 1.25 bits per heavy atom. The number of nitrogens with zero attached hydrogens (tertiary/aromatic N) is 3. The summed E-state index contributed by atoms with van der Waals surface area (Å²) in [7, 11) is 3.97. The maximum Gasteiger partial charge on any atom is 0.147 e. The number of anilines is 1. The normalized spacial score (nSPS) is 10.6. The van der Waals surface area contributed by atoms with Crippen molar-refractivity contribution in [2.75, 3.05) is 32.1 Å². The van der Waals surface area contributed by atoms with Crippen molar-refractivity contribution in [1.82, 2.24) is 15.3 Å². The van der Waals surface area contributed by atoms with E-state index in [1.165, 1.54) is 0 Å². The van der Waals surface area contributed by atoms with Crippen molar-refractivity contribution in [3.05, 3.63) is 30.5 Å². The number of benzene rings is 1. The zero-order valence-corrected chi connectivity index (χ0v) is 9.64. The van der Waals surface area contributed by atoms with E-state index in [9.17, 15) is 0 Å². The molecule has 0 aliphatic carbocycles. The minimum Gasteiger partial charge on any atom is -0.357 e. The van der Waals surface area contributed by atoms with Gasteiger partial charge in [-0.25, -0.2) is 4.98 Å². The first kappa shape index (κ1) is 10.8. The van der Waals surface area contributed by atoms with Gasteiger partial charge in [0.2, 0.25) is 0 Å². The topological polar surface area (TPSA) is 41.0 Å². The maximum absolute atomic E-state index is 4.56. The average molecular weight is 216 g/mol. The molecule has 4 nitrogen and oxygen atoms in total. The molecule has 0 fully saturated rings. The van der Waals surface area contributed by atoms with Crippen molar-refractivity contribution in [3.8, 4) is 0 Å². The highest BCUT2D eigenvalue weighted by atomic mass is 15.2. The quantitative estimate of drug-likeness (QED) is 0.836. The molecule has 0 aliphatic heterocycles. The van der Waals surface area contributed by atoms with Crippen LogP contribution in [0.4, 0.5) is 5.82 Å². The summed E-state index contributed by atoms with van der Waals surface area (Å²) in [5.41, 5.74) is 1.88. The van der Waals surface area contributed by atoms with E-state index in [1.54, 1.807) is 0 Å². The summed E-state index contributed by atoms with van der Waals surface area (Å²) in [6.45, 7) is 1.86. The van der Waals surface area contributed by atoms with Gasteiger partial charge in [-0.2, -0.15) is 0 Å². The molecule has 1 aromatic heterocycles. The van der Waals surface area contributed by atoms with Crippen LogP contribution in [0.25, 0.3) is 11.0 Å². The minimum absolute atomic E-state index is 0.911. The second-order valence-corrected chi connectivity index (χ2v) is 3.74. The number of para-hydroxylation sites is 2. The summed E-state index contributed by atoms with van der Waals surface area (Å²) in [6.07, 6.45) is 1.82. The Kier molecular flexibility index (Phi) is 3.31. The highest BCUT2D eigenvalue weighted by Gasteiger charge is 2.03. The number of nitrogens with one attached hydrogen (secondary N) is 1. The van der Waals surface area contributed by atoms with Crippen LogP contribution in [0.1, 0.15) is 0 Å². The first-order chi connectivity index (χ1) is 7.81. The molecule has 0 amide bonds. The monoisotopic (exact) mass is 216 g/mol. The number of fused-ring (bicyclic) bond motifs is 1. The lowest BCUT2D eigenvalue weighted by atomic mass is 10.3. The van der Waals surface area contributed by atoms with Crippen molar-refractivity contribution < 1.29 is 0 Å². The summed E-state index contributed by atoms with van der Waals surface area (Å²) in [4.78, 5) is 11.0. The molecular formula is C12H16N4. The summed E-state index contributed by atoms with van der Waals surface area (Å²) in [5, 5.41) is 3.12. The molecule has 0 aliphatic rings. The van der Waals surface area contributed by atoms with Gasteiger partial charge in [0.05, 0.1) is 17.2 Å². The zero-order chi connectivity index (χ0) is 11.4. The van der Waals surface area contributed by atoms with Crippen LogP contribution < -0.4 is 10.2 Å². The second-order valence-electron chi connectivity index (χ2n) is 3.74. The van der Waals surface area contributed by atoms with Crippen LogP contribution in [0.2, 0.25) is 0 Å². The number of aromatic nitrogens is 2. The van der Waals surface area contributed by atoms with Gasteiger partial charge >= 0.3 is 0 Å². The molecule has 2 rings (SSSR count). The van der Waals surface area contributed by atoms with Crippen molar-refractivity contribution in [3.63, 3.8) is 0 Å². The van der Waals surface area contributed by atoms with Crippen LogP contribution in [-0.4, -0.2) is 37.2 Å². The largest absolute Gasteiger partial charge is 0.357 e. The molecule has 4 heteroatoms. The zero-order valence-electron chi connectivity index (χ0n) is 9.64. The number of likely N-dealkylation sites (N-methyl/N-ethyl adjacent to an activating group) is 2. The number of hydrogen-bond donors (Lipinski definition) is 1. The Labute approximate surface area is 95.3 Å². The van der Waals surface area contributed by atoms with E-state index in [-0.39, 0.29) is 0 Å². The third kappa shape index (κ3) is 2.28. The molecule has 1 aromatic carbocycles. The average Bonchev–Trinajstić information content (AvgIpc) is 2.35. The molecule has 16 heavy (non-hydrogen) atoms. The SMILES string of the molecule is CNCCN(C)c1cnc2ccccc2n1. The van der Waals surface area contributed by atoms with Crippen LogP contribution in [0.15, 0.2) is 30.5 Å². The van der Waals surface area contributed by atoms with Gasteiger partial charge in [-0.15, -0.1) is 0 Å². The van der Waals surface area contributed by atoms with Crippen molar-refractivity contribution in [2.24, 2.45) is 0 Å².